The first kappa shape index (κ1) is 11.1. The van der Waals surface area contributed by atoms with Crippen LogP contribution in [0.25, 0.3) is 5.57 Å². The lowest BCUT2D eigenvalue weighted by Crippen LogP contribution is -2.25. The second-order valence-electron chi connectivity index (χ2n) is 4.83. The molecule has 1 aliphatic rings. The average molecular weight is 238 g/mol. The number of aliphatic hydroxyl groups excluding tert-OH is 1. The highest BCUT2D eigenvalue weighted by Crippen LogP contribution is 2.39. The number of carbonyl (C=O) groups excluding carboxylic acids is 1. The second-order valence-corrected chi connectivity index (χ2v) is 5.72. The van der Waals surface area contributed by atoms with Crippen LogP contribution >= 0.6 is 11.3 Å². The van der Waals surface area contributed by atoms with Crippen LogP contribution in [0.3, 0.4) is 0 Å². The molecule has 0 aliphatic heterocycles. The van der Waals surface area contributed by atoms with E-state index >= 15 is 0 Å². The SMILES string of the molecule is CC1(C)CC(=O)C(c2csc(N)n2)=C(O)C1. The number of allylic oxidation sites excluding steroid dienone is 2. The Bertz CT molecular complexity index is 474. The first-order chi connectivity index (χ1) is 7.39. The minimum absolute atomic E-state index is 0.0564. The number of thiazole rings is 1. The number of ketones is 1. The lowest BCUT2D eigenvalue weighted by Gasteiger charge is -2.28. The van der Waals surface area contributed by atoms with Gasteiger partial charge in [0.25, 0.3) is 0 Å². The number of rotatable bonds is 1. The smallest absolute Gasteiger partial charge is 0.180 e. The van der Waals surface area contributed by atoms with Crippen molar-refractivity contribution in [1.29, 1.82) is 0 Å². The van der Waals surface area contributed by atoms with Crippen molar-refractivity contribution < 1.29 is 9.90 Å². The van der Waals surface area contributed by atoms with Gasteiger partial charge in [-0.3, -0.25) is 4.79 Å². The summed E-state index contributed by atoms with van der Waals surface area (Å²) in [5, 5.41) is 12.0. The standard InChI is InChI=1S/C11H14N2O2S/c1-11(2)3-7(14)9(8(15)4-11)6-5-16-10(12)13-6/h5,14H,3-4H2,1-2H3,(H2,12,13). The summed E-state index contributed by atoms with van der Waals surface area (Å²) in [6, 6.07) is 0. The number of nitrogens with two attached hydrogens (primary N) is 1. The molecule has 5 heteroatoms. The molecule has 4 nitrogen and oxygen atoms in total. The summed E-state index contributed by atoms with van der Waals surface area (Å²) in [7, 11) is 0. The van der Waals surface area contributed by atoms with Crippen LogP contribution < -0.4 is 5.73 Å². The zero-order valence-electron chi connectivity index (χ0n) is 9.28. The first-order valence-corrected chi connectivity index (χ1v) is 5.94. The van der Waals surface area contributed by atoms with Gasteiger partial charge >= 0.3 is 0 Å². The van der Waals surface area contributed by atoms with Gasteiger partial charge in [0.2, 0.25) is 0 Å². The van der Waals surface area contributed by atoms with Crippen molar-refractivity contribution in [1.82, 2.24) is 4.98 Å². The van der Waals surface area contributed by atoms with Gasteiger partial charge < -0.3 is 10.8 Å². The number of carbonyl (C=O) groups is 1. The lowest BCUT2D eigenvalue weighted by atomic mass is 9.76. The minimum atomic E-state index is -0.174. The fourth-order valence-corrected chi connectivity index (χ4v) is 2.54. The Hall–Kier alpha value is -1.36. The Labute approximate surface area is 97.8 Å². The van der Waals surface area contributed by atoms with E-state index in [0.29, 0.717) is 29.2 Å². The average Bonchev–Trinajstić information content (AvgIpc) is 2.47. The predicted octanol–water partition coefficient (Wildman–Crippen LogP) is 2.38. The van der Waals surface area contributed by atoms with Crippen molar-refractivity contribution in [2.24, 2.45) is 5.41 Å². The van der Waals surface area contributed by atoms with Crippen LogP contribution in [0.4, 0.5) is 5.13 Å². The van der Waals surface area contributed by atoms with E-state index in [1.54, 1.807) is 5.38 Å². The molecular formula is C11H14N2O2S. The highest BCUT2D eigenvalue weighted by molar-refractivity contribution is 7.13. The minimum Gasteiger partial charge on any atom is -0.511 e. The second kappa shape index (κ2) is 3.59. The van der Waals surface area contributed by atoms with E-state index in [0.717, 1.165) is 0 Å². The van der Waals surface area contributed by atoms with Gasteiger partial charge in [-0.15, -0.1) is 11.3 Å². The van der Waals surface area contributed by atoms with Gasteiger partial charge in [0.1, 0.15) is 5.76 Å². The number of hydrogen-bond acceptors (Lipinski definition) is 5. The summed E-state index contributed by atoms with van der Waals surface area (Å²) in [4.78, 5) is 16.0. The third-order valence-corrected chi connectivity index (χ3v) is 3.30. The third-order valence-electron chi connectivity index (χ3n) is 2.63. The fourth-order valence-electron chi connectivity index (χ4n) is 1.98. The molecule has 0 unspecified atom stereocenters. The van der Waals surface area contributed by atoms with Crippen molar-refractivity contribution >= 4 is 27.8 Å². The molecule has 0 saturated heterocycles. The van der Waals surface area contributed by atoms with Crippen molar-refractivity contribution in [2.75, 3.05) is 5.73 Å². The van der Waals surface area contributed by atoms with E-state index in [-0.39, 0.29) is 17.0 Å². The van der Waals surface area contributed by atoms with Crippen LogP contribution in [0.2, 0.25) is 0 Å². The Morgan fingerprint density at radius 2 is 2.19 bits per heavy atom. The van der Waals surface area contributed by atoms with E-state index in [1.807, 2.05) is 13.8 Å². The Balaban J connectivity index is 2.44. The Kier molecular flexibility index (Phi) is 2.50. The zero-order valence-corrected chi connectivity index (χ0v) is 10.1. The van der Waals surface area contributed by atoms with Crippen molar-refractivity contribution in [3.63, 3.8) is 0 Å². The first-order valence-electron chi connectivity index (χ1n) is 5.06. The van der Waals surface area contributed by atoms with Gasteiger partial charge in [0.05, 0.1) is 11.3 Å². The highest BCUT2D eigenvalue weighted by Gasteiger charge is 2.34. The Morgan fingerprint density at radius 3 is 2.69 bits per heavy atom. The van der Waals surface area contributed by atoms with E-state index < -0.39 is 0 Å². The maximum atomic E-state index is 11.9. The maximum Gasteiger partial charge on any atom is 0.180 e. The summed E-state index contributed by atoms with van der Waals surface area (Å²) in [5.74, 6) is 0.0746. The molecule has 1 aromatic rings. The molecule has 0 aromatic carbocycles. The lowest BCUT2D eigenvalue weighted by molar-refractivity contribution is -0.116. The largest absolute Gasteiger partial charge is 0.511 e. The molecule has 0 spiro atoms. The van der Waals surface area contributed by atoms with Gasteiger partial charge in [-0.25, -0.2) is 4.98 Å². The van der Waals surface area contributed by atoms with E-state index in [9.17, 15) is 9.90 Å². The van der Waals surface area contributed by atoms with Crippen molar-refractivity contribution in [3.8, 4) is 0 Å². The molecule has 1 heterocycles. The van der Waals surface area contributed by atoms with Gasteiger partial charge in [-0.2, -0.15) is 0 Å². The van der Waals surface area contributed by atoms with Crippen LogP contribution in [0.1, 0.15) is 32.4 Å². The number of nitrogen functional groups attached to an aromatic ring is 1. The van der Waals surface area contributed by atoms with Crippen LogP contribution in [0, 0.1) is 5.41 Å². The molecule has 0 saturated carbocycles. The van der Waals surface area contributed by atoms with E-state index in [2.05, 4.69) is 4.98 Å². The van der Waals surface area contributed by atoms with Gasteiger partial charge in [-0.05, 0) is 5.41 Å². The molecule has 0 amide bonds. The molecule has 1 aliphatic carbocycles. The molecule has 0 bridgehead atoms. The van der Waals surface area contributed by atoms with E-state index in [4.69, 9.17) is 5.73 Å². The molecule has 16 heavy (non-hydrogen) atoms. The maximum absolute atomic E-state index is 11.9. The van der Waals surface area contributed by atoms with Gasteiger partial charge in [-0.1, -0.05) is 13.8 Å². The summed E-state index contributed by atoms with van der Waals surface area (Å²) in [6.07, 6.45) is 0.940. The number of hydrogen-bond donors (Lipinski definition) is 2. The summed E-state index contributed by atoms with van der Waals surface area (Å²) in [6.45, 7) is 3.93. The van der Waals surface area contributed by atoms with Crippen LogP contribution in [-0.2, 0) is 4.79 Å². The number of Topliss-reactive ketones (excluding diaryl/α,β-unsaturated/α-hetero) is 1. The van der Waals surface area contributed by atoms with Crippen molar-refractivity contribution in [3.05, 3.63) is 16.8 Å². The van der Waals surface area contributed by atoms with Gasteiger partial charge in [0, 0.05) is 18.2 Å². The highest BCUT2D eigenvalue weighted by atomic mass is 32.1. The number of nitrogens with zero attached hydrogens (tertiary/aromatic N) is 1. The quantitative estimate of drug-likeness (QED) is 0.787. The monoisotopic (exact) mass is 238 g/mol. The molecule has 1 aromatic heterocycles. The third kappa shape index (κ3) is 1.95. The van der Waals surface area contributed by atoms with Crippen molar-refractivity contribution in [2.45, 2.75) is 26.7 Å². The summed E-state index contributed by atoms with van der Waals surface area (Å²) in [5.41, 5.74) is 6.19. The van der Waals surface area contributed by atoms with E-state index in [1.165, 1.54) is 11.3 Å². The van der Waals surface area contributed by atoms with Crippen LogP contribution in [0.15, 0.2) is 11.1 Å². The topological polar surface area (TPSA) is 76.2 Å². The molecule has 0 atom stereocenters. The summed E-state index contributed by atoms with van der Waals surface area (Å²) >= 11 is 1.27. The number of anilines is 1. The van der Waals surface area contributed by atoms with Crippen LogP contribution in [-0.4, -0.2) is 15.9 Å². The van der Waals surface area contributed by atoms with Crippen LogP contribution in [0.5, 0.6) is 0 Å². The molecule has 0 radical (unpaired) electrons. The fraction of sp³-hybridized carbons (Fsp3) is 0.455. The van der Waals surface area contributed by atoms with Gasteiger partial charge in [0.15, 0.2) is 10.9 Å². The zero-order chi connectivity index (χ0) is 11.9. The molecule has 86 valence electrons. The molecule has 3 N–H and O–H groups in total. The molecule has 2 rings (SSSR count). The number of aliphatic hydroxyl groups is 1. The number of aromatic nitrogens is 1. The predicted molar refractivity (Wildman–Crippen MR) is 64.1 cm³/mol. The Morgan fingerprint density at radius 1 is 1.50 bits per heavy atom. The molecule has 0 fully saturated rings. The molecular weight excluding hydrogens is 224 g/mol. The normalized spacial score (nSPS) is 20.2. The summed E-state index contributed by atoms with van der Waals surface area (Å²) < 4.78 is 0.